The summed E-state index contributed by atoms with van der Waals surface area (Å²) in [7, 11) is 0. The zero-order valence-corrected chi connectivity index (χ0v) is 13.5. The Morgan fingerprint density at radius 1 is 1.22 bits per heavy atom. The SMILES string of the molecule is O=C(CC1CCCN1)NCc1ccc(CN2CCCC2=O)cc1. The van der Waals surface area contributed by atoms with E-state index in [-0.39, 0.29) is 11.8 Å². The summed E-state index contributed by atoms with van der Waals surface area (Å²) in [5.41, 5.74) is 2.24. The van der Waals surface area contributed by atoms with Gasteiger partial charge in [-0.2, -0.15) is 0 Å². The molecule has 1 aromatic carbocycles. The van der Waals surface area contributed by atoms with Gasteiger partial charge in [0.1, 0.15) is 0 Å². The van der Waals surface area contributed by atoms with Gasteiger partial charge in [-0.05, 0) is 36.9 Å². The van der Waals surface area contributed by atoms with Crippen LogP contribution in [0, 0.1) is 0 Å². The molecule has 2 N–H and O–H groups in total. The van der Waals surface area contributed by atoms with Crippen molar-refractivity contribution in [1.29, 1.82) is 0 Å². The molecule has 1 aromatic rings. The van der Waals surface area contributed by atoms with Crippen molar-refractivity contribution in [2.75, 3.05) is 13.1 Å². The molecule has 2 aliphatic heterocycles. The van der Waals surface area contributed by atoms with E-state index in [0.717, 1.165) is 37.1 Å². The normalized spacial score (nSPS) is 21.0. The van der Waals surface area contributed by atoms with Crippen molar-refractivity contribution in [3.63, 3.8) is 0 Å². The monoisotopic (exact) mass is 315 g/mol. The molecule has 2 aliphatic rings. The van der Waals surface area contributed by atoms with E-state index in [0.29, 0.717) is 32.0 Å². The number of amides is 2. The maximum absolute atomic E-state index is 11.9. The number of hydrogen-bond acceptors (Lipinski definition) is 3. The molecule has 5 nitrogen and oxygen atoms in total. The summed E-state index contributed by atoms with van der Waals surface area (Å²) >= 11 is 0. The summed E-state index contributed by atoms with van der Waals surface area (Å²) in [4.78, 5) is 25.5. The van der Waals surface area contributed by atoms with Crippen LogP contribution in [0.4, 0.5) is 0 Å². The number of rotatable bonds is 6. The van der Waals surface area contributed by atoms with Crippen molar-refractivity contribution in [1.82, 2.24) is 15.5 Å². The fourth-order valence-electron chi connectivity index (χ4n) is 3.28. The molecule has 0 spiro atoms. The Morgan fingerprint density at radius 3 is 2.65 bits per heavy atom. The molecule has 2 fully saturated rings. The number of likely N-dealkylation sites (tertiary alicyclic amines) is 1. The second-order valence-corrected chi connectivity index (χ2v) is 6.51. The van der Waals surface area contributed by atoms with Crippen LogP contribution in [-0.4, -0.2) is 35.8 Å². The Hall–Kier alpha value is -1.88. The number of benzene rings is 1. The van der Waals surface area contributed by atoms with Gasteiger partial charge in [0, 0.05) is 38.5 Å². The molecule has 1 unspecified atom stereocenters. The standard InChI is InChI=1S/C18H25N3O2/c22-17(11-16-3-1-9-19-16)20-12-14-5-7-15(8-6-14)13-21-10-2-4-18(21)23/h5-8,16,19H,1-4,9-13H2,(H,20,22). The molecule has 1 atom stereocenters. The zero-order valence-electron chi connectivity index (χ0n) is 13.5. The summed E-state index contributed by atoms with van der Waals surface area (Å²) in [6.07, 6.45) is 4.48. The number of carbonyl (C=O) groups is 2. The van der Waals surface area contributed by atoms with Gasteiger partial charge in [0.15, 0.2) is 0 Å². The van der Waals surface area contributed by atoms with Gasteiger partial charge in [0.2, 0.25) is 11.8 Å². The largest absolute Gasteiger partial charge is 0.352 e. The molecule has 5 heteroatoms. The lowest BCUT2D eigenvalue weighted by Gasteiger charge is -2.15. The fraction of sp³-hybridized carbons (Fsp3) is 0.556. The highest BCUT2D eigenvalue weighted by Gasteiger charge is 2.20. The molecular formula is C18H25N3O2. The number of nitrogens with one attached hydrogen (secondary N) is 2. The average Bonchev–Trinajstić information content (AvgIpc) is 3.19. The molecule has 124 valence electrons. The first-order chi connectivity index (χ1) is 11.2. The van der Waals surface area contributed by atoms with Crippen molar-refractivity contribution < 1.29 is 9.59 Å². The lowest BCUT2D eigenvalue weighted by atomic mass is 10.1. The van der Waals surface area contributed by atoms with Crippen LogP contribution in [0.5, 0.6) is 0 Å². The Morgan fingerprint density at radius 2 is 2.00 bits per heavy atom. The van der Waals surface area contributed by atoms with Crippen LogP contribution < -0.4 is 10.6 Å². The number of nitrogens with zero attached hydrogens (tertiary/aromatic N) is 1. The first kappa shape index (κ1) is 16.0. The van der Waals surface area contributed by atoms with E-state index in [1.165, 1.54) is 6.42 Å². The van der Waals surface area contributed by atoms with E-state index in [1.54, 1.807) is 0 Å². The van der Waals surface area contributed by atoms with Crippen LogP contribution in [-0.2, 0) is 22.7 Å². The summed E-state index contributed by atoms with van der Waals surface area (Å²) in [6, 6.07) is 8.50. The van der Waals surface area contributed by atoms with Crippen molar-refractivity contribution in [2.24, 2.45) is 0 Å². The van der Waals surface area contributed by atoms with E-state index < -0.39 is 0 Å². The minimum absolute atomic E-state index is 0.108. The molecule has 3 rings (SSSR count). The van der Waals surface area contributed by atoms with Gasteiger partial charge in [-0.25, -0.2) is 0 Å². The summed E-state index contributed by atoms with van der Waals surface area (Å²) in [5, 5.41) is 6.32. The predicted molar refractivity (Wildman–Crippen MR) is 88.6 cm³/mol. The number of carbonyl (C=O) groups excluding carboxylic acids is 2. The van der Waals surface area contributed by atoms with Crippen LogP contribution >= 0.6 is 0 Å². The molecule has 23 heavy (non-hydrogen) atoms. The first-order valence-corrected chi connectivity index (χ1v) is 8.56. The zero-order chi connectivity index (χ0) is 16.1. The van der Waals surface area contributed by atoms with Gasteiger partial charge in [-0.3, -0.25) is 9.59 Å². The Labute approximate surface area is 137 Å². The lowest BCUT2D eigenvalue weighted by molar-refractivity contribution is -0.128. The maximum Gasteiger partial charge on any atom is 0.222 e. The van der Waals surface area contributed by atoms with Crippen molar-refractivity contribution in [2.45, 2.75) is 51.2 Å². The van der Waals surface area contributed by atoms with Gasteiger partial charge in [0.05, 0.1) is 0 Å². The molecule has 2 saturated heterocycles. The van der Waals surface area contributed by atoms with Crippen LogP contribution in [0.15, 0.2) is 24.3 Å². The molecular weight excluding hydrogens is 290 g/mol. The quantitative estimate of drug-likeness (QED) is 0.837. The third-order valence-corrected chi connectivity index (χ3v) is 4.65. The highest BCUT2D eigenvalue weighted by atomic mass is 16.2. The van der Waals surface area contributed by atoms with Crippen molar-refractivity contribution >= 4 is 11.8 Å². The summed E-state index contributed by atoms with van der Waals surface area (Å²) in [5.74, 6) is 0.359. The topological polar surface area (TPSA) is 61.4 Å². The molecule has 0 bridgehead atoms. The maximum atomic E-state index is 11.9. The highest BCUT2D eigenvalue weighted by molar-refractivity contribution is 5.78. The van der Waals surface area contributed by atoms with Crippen LogP contribution in [0.3, 0.4) is 0 Å². The Balaban J connectivity index is 1.43. The second kappa shape index (κ2) is 7.59. The van der Waals surface area contributed by atoms with Crippen LogP contribution in [0.25, 0.3) is 0 Å². The van der Waals surface area contributed by atoms with E-state index in [1.807, 2.05) is 29.2 Å². The highest BCUT2D eigenvalue weighted by Crippen LogP contribution is 2.15. The number of hydrogen-bond donors (Lipinski definition) is 2. The smallest absolute Gasteiger partial charge is 0.222 e. The third-order valence-electron chi connectivity index (χ3n) is 4.65. The predicted octanol–water partition coefficient (Wildman–Crippen LogP) is 1.57. The Bertz CT molecular complexity index is 550. The van der Waals surface area contributed by atoms with Crippen molar-refractivity contribution in [3.8, 4) is 0 Å². The van der Waals surface area contributed by atoms with E-state index >= 15 is 0 Å². The van der Waals surface area contributed by atoms with Crippen LogP contribution in [0.2, 0.25) is 0 Å². The minimum atomic E-state index is 0.108. The minimum Gasteiger partial charge on any atom is -0.352 e. The first-order valence-electron chi connectivity index (χ1n) is 8.56. The third kappa shape index (κ3) is 4.55. The molecule has 2 heterocycles. The van der Waals surface area contributed by atoms with Gasteiger partial charge < -0.3 is 15.5 Å². The average molecular weight is 315 g/mol. The van der Waals surface area contributed by atoms with Crippen molar-refractivity contribution in [3.05, 3.63) is 35.4 Å². The summed E-state index contributed by atoms with van der Waals surface area (Å²) < 4.78 is 0. The molecule has 0 aliphatic carbocycles. The summed E-state index contributed by atoms with van der Waals surface area (Å²) in [6.45, 7) is 3.15. The second-order valence-electron chi connectivity index (χ2n) is 6.51. The molecule has 0 saturated carbocycles. The molecule has 0 aromatic heterocycles. The van der Waals surface area contributed by atoms with Gasteiger partial charge in [-0.1, -0.05) is 24.3 Å². The Kier molecular flexibility index (Phi) is 5.28. The van der Waals surface area contributed by atoms with Gasteiger partial charge >= 0.3 is 0 Å². The van der Waals surface area contributed by atoms with E-state index in [4.69, 9.17) is 0 Å². The van der Waals surface area contributed by atoms with E-state index in [2.05, 4.69) is 10.6 Å². The van der Waals surface area contributed by atoms with Gasteiger partial charge in [-0.15, -0.1) is 0 Å². The van der Waals surface area contributed by atoms with E-state index in [9.17, 15) is 9.59 Å². The lowest BCUT2D eigenvalue weighted by Crippen LogP contribution is -2.31. The van der Waals surface area contributed by atoms with Gasteiger partial charge in [0.25, 0.3) is 0 Å². The molecule has 0 radical (unpaired) electrons. The van der Waals surface area contributed by atoms with Crippen LogP contribution in [0.1, 0.15) is 43.2 Å². The fourth-order valence-corrected chi connectivity index (χ4v) is 3.28. The molecule has 2 amide bonds.